The molecule has 16 heavy (non-hydrogen) atoms. The second-order valence-corrected chi connectivity index (χ2v) is 3.57. The molecule has 0 radical (unpaired) electrons. The van der Waals surface area contributed by atoms with Crippen LogP contribution in [0.15, 0.2) is 23.3 Å². The lowest BCUT2D eigenvalue weighted by atomic mass is 10.3. The van der Waals surface area contributed by atoms with Crippen molar-refractivity contribution in [2.24, 2.45) is 0 Å². The van der Waals surface area contributed by atoms with Crippen LogP contribution in [0.5, 0.6) is 0 Å². The topological polar surface area (TPSA) is 64.4 Å². The summed E-state index contributed by atoms with van der Waals surface area (Å²) in [6.07, 6.45) is 4.85. The third-order valence-electron chi connectivity index (χ3n) is 2.37. The number of amides is 1. The highest BCUT2D eigenvalue weighted by atomic mass is 16.7. The number of aromatic nitrogens is 2. The van der Waals surface area contributed by atoms with Gasteiger partial charge in [0.15, 0.2) is 0 Å². The van der Waals surface area contributed by atoms with Gasteiger partial charge < -0.3 is 0 Å². The van der Waals surface area contributed by atoms with E-state index in [9.17, 15) is 9.59 Å². The number of hydrogen-bond donors (Lipinski definition) is 0. The summed E-state index contributed by atoms with van der Waals surface area (Å²) >= 11 is 0. The number of rotatable bonds is 2. The lowest BCUT2D eigenvalue weighted by Gasteiger charge is -2.25. The van der Waals surface area contributed by atoms with E-state index >= 15 is 0 Å². The number of carbonyl (C=O) groups is 1. The standard InChI is InChI=1S/C10H13N3O3/c14-9(13-6-1-2-7-16-13)8-12-5-3-4-11-10(12)15/h3-5H,1-2,6-8H2. The Bertz CT molecular complexity index is 423. The zero-order chi connectivity index (χ0) is 11.4. The zero-order valence-corrected chi connectivity index (χ0v) is 8.83. The van der Waals surface area contributed by atoms with Gasteiger partial charge in [-0.3, -0.25) is 14.2 Å². The largest absolute Gasteiger partial charge is 0.347 e. The van der Waals surface area contributed by atoms with Crippen LogP contribution in [0.25, 0.3) is 0 Å². The van der Waals surface area contributed by atoms with Crippen LogP contribution < -0.4 is 5.69 Å². The number of hydrogen-bond acceptors (Lipinski definition) is 4. The molecule has 86 valence electrons. The summed E-state index contributed by atoms with van der Waals surface area (Å²) in [6, 6.07) is 1.62. The Kier molecular flexibility index (Phi) is 3.31. The van der Waals surface area contributed by atoms with Gasteiger partial charge in [-0.25, -0.2) is 14.8 Å². The van der Waals surface area contributed by atoms with E-state index in [4.69, 9.17) is 4.84 Å². The third kappa shape index (κ3) is 2.46. The van der Waals surface area contributed by atoms with Crippen LogP contribution in [0.2, 0.25) is 0 Å². The molecule has 0 aliphatic carbocycles. The second-order valence-electron chi connectivity index (χ2n) is 3.57. The average Bonchev–Trinajstić information content (AvgIpc) is 2.33. The van der Waals surface area contributed by atoms with Crippen LogP contribution in [0.4, 0.5) is 0 Å². The molecule has 1 aliphatic rings. The van der Waals surface area contributed by atoms with Gasteiger partial charge in [0.05, 0.1) is 6.61 Å². The number of nitrogens with zero attached hydrogens (tertiary/aromatic N) is 3. The smallest absolute Gasteiger partial charge is 0.290 e. The fourth-order valence-corrected chi connectivity index (χ4v) is 1.53. The molecule has 1 aliphatic heterocycles. The number of carbonyl (C=O) groups excluding carboxylic acids is 1. The van der Waals surface area contributed by atoms with Gasteiger partial charge in [-0.1, -0.05) is 0 Å². The molecule has 1 saturated heterocycles. The molecule has 0 atom stereocenters. The first-order valence-corrected chi connectivity index (χ1v) is 5.22. The predicted molar refractivity (Wildman–Crippen MR) is 55.4 cm³/mol. The monoisotopic (exact) mass is 223 g/mol. The first-order valence-electron chi connectivity index (χ1n) is 5.22. The van der Waals surface area contributed by atoms with Crippen LogP contribution in [-0.2, 0) is 16.2 Å². The molecule has 2 heterocycles. The summed E-state index contributed by atoms with van der Waals surface area (Å²) in [6.45, 7) is 1.13. The summed E-state index contributed by atoms with van der Waals surface area (Å²) in [7, 11) is 0. The van der Waals surface area contributed by atoms with E-state index in [0.717, 1.165) is 12.8 Å². The summed E-state index contributed by atoms with van der Waals surface area (Å²) in [5.41, 5.74) is -0.423. The minimum absolute atomic E-state index is 0.0212. The van der Waals surface area contributed by atoms with E-state index in [1.807, 2.05) is 0 Å². The lowest BCUT2D eigenvalue weighted by Crippen LogP contribution is -2.39. The van der Waals surface area contributed by atoms with Gasteiger partial charge in [-0.05, 0) is 18.9 Å². The first-order chi connectivity index (χ1) is 7.77. The van der Waals surface area contributed by atoms with Crippen molar-refractivity contribution in [1.29, 1.82) is 0 Å². The Labute approximate surface area is 92.4 Å². The zero-order valence-electron chi connectivity index (χ0n) is 8.83. The molecule has 0 bridgehead atoms. The molecule has 0 aromatic carbocycles. The molecule has 1 fully saturated rings. The molecule has 1 amide bonds. The summed E-state index contributed by atoms with van der Waals surface area (Å²) < 4.78 is 1.26. The van der Waals surface area contributed by atoms with Crippen molar-refractivity contribution in [1.82, 2.24) is 14.6 Å². The molecule has 0 spiro atoms. The molecule has 6 heteroatoms. The van der Waals surface area contributed by atoms with Gasteiger partial charge in [-0.15, -0.1) is 0 Å². The minimum atomic E-state index is -0.423. The molecular weight excluding hydrogens is 210 g/mol. The SMILES string of the molecule is O=C(Cn1cccnc1=O)N1CCCCO1. The molecule has 1 aromatic heterocycles. The van der Waals surface area contributed by atoms with Gasteiger partial charge >= 0.3 is 5.69 Å². The van der Waals surface area contributed by atoms with Gasteiger partial charge in [0, 0.05) is 18.9 Å². The van der Waals surface area contributed by atoms with E-state index in [1.54, 1.807) is 6.07 Å². The highest BCUT2D eigenvalue weighted by Gasteiger charge is 2.18. The molecular formula is C10H13N3O3. The molecule has 0 saturated carbocycles. The van der Waals surface area contributed by atoms with Crippen molar-refractivity contribution in [3.05, 3.63) is 28.9 Å². The van der Waals surface area contributed by atoms with E-state index in [0.29, 0.717) is 13.2 Å². The second kappa shape index (κ2) is 4.89. The highest BCUT2D eigenvalue weighted by molar-refractivity contribution is 5.74. The van der Waals surface area contributed by atoms with Crippen molar-refractivity contribution in [3.8, 4) is 0 Å². The first kappa shape index (κ1) is 10.8. The molecule has 0 N–H and O–H groups in total. The molecule has 0 unspecified atom stereocenters. The Hall–Kier alpha value is -1.69. The number of hydroxylamine groups is 2. The minimum Gasteiger partial charge on any atom is -0.290 e. The maximum absolute atomic E-state index is 11.7. The van der Waals surface area contributed by atoms with Gasteiger partial charge in [-0.2, -0.15) is 0 Å². The van der Waals surface area contributed by atoms with Crippen molar-refractivity contribution in [2.75, 3.05) is 13.2 Å². The summed E-state index contributed by atoms with van der Waals surface area (Å²) in [4.78, 5) is 31.8. The fourth-order valence-electron chi connectivity index (χ4n) is 1.53. The Balaban J connectivity index is 2.01. The lowest BCUT2D eigenvalue weighted by molar-refractivity contribution is -0.197. The Morgan fingerprint density at radius 3 is 3.06 bits per heavy atom. The average molecular weight is 223 g/mol. The predicted octanol–water partition coefficient (Wildman–Crippen LogP) is -0.203. The van der Waals surface area contributed by atoms with Crippen LogP contribution >= 0.6 is 0 Å². The Morgan fingerprint density at radius 2 is 2.38 bits per heavy atom. The van der Waals surface area contributed by atoms with E-state index in [2.05, 4.69) is 4.98 Å². The summed E-state index contributed by atoms with van der Waals surface area (Å²) in [5, 5.41) is 1.32. The van der Waals surface area contributed by atoms with E-state index in [-0.39, 0.29) is 12.5 Å². The van der Waals surface area contributed by atoms with Crippen LogP contribution in [0, 0.1) is 0 Å². The van der Waals surface area contributed by atoms with Gasteiger partial charge in [0.25, 0.3) is 5.91 Å². The van der Waals surface area contributed by atoms with E-state index < -0.39 is 5.69 Å². The van der Waals surface area contributed by atoms with Crippen LogP contribution in [0.1, 0.15) is 12.8 Å². The fraction of sp³-hybridized carbons (Fsp3) is 0.500. The quantitative estimate of drug-likeness (QED) is 0.696. The van der Waals surface area contributed by atoms with Crippen molar-refractivity contribution in [3.63, 3.8) is 0 Å². The van der Waals surface area contributed by atoms with E-state index in [1.165, 1.54) is 22.0 Å². The van der Waals surface area contributed by atoms with Crippen molar-refractivity contribution < 1.29 is 9.63 Å². The highest BCUT2D eigenvalue weighted by Crippen LogP contribution is 2.06. The Morgan fingerprint density at radius 1 is 1.50 bits per heavy atom. The maximum atomic E-state index is 11.7. The molecule has 6 nitrogen and oxygen atoms in total. The molecule has 1 aromatic rings. The maximum Gasteiger partial charge on any atom is 0.347 e. The van der Waals surface area contributed by atoms with Crippen LogP contribution in [0.3, 0.4) is 0 Å². The van der Waals surface area contributed by atoms with Gasteiger partial charge in [0.2, 0.25) is 0 Å². The third-order valence-corrected chi connectivity index (χ3v) is 2.37. The van der Waals surface area contributed by atoms with Crippen LogP contribution in [-0.4, -0.2) is 33.7 Å². The normalized spacial score (nSPS) is 16.1. The van der Waals surface area contributed by atoms with Gasteiger partial charge in [0.1, 0.15) is 6.54 Å². The van der Waals surface area contributed by atoms with Crippen molar-refractivity contribution >= 4 is 5.91 Å². The summed E-state index contributed by atoms with van der Waals surface area (Å²) in [5.74, 6) is -0.213. The van der Waals surface area contributed by atoms with Crippen molar-refractivity contribution in [2.45, 2.75) is 19.4 Å². The molecule has 2 rings (SSSR count).